The number of nitrogens with zero attached hydrogens (tertiary/aromatic N) is 3. The molecule has 14 heteroatoms. The predicted octanol–water partition coefficient (Wildman–Crippen LogP) is 11.4. The first-order valence-electron chi connectivity index (χ1n) is 11.2. The maximum atomic E-state index is 11.3. The topological polar surface area (TPSA) is 100 Å². The van der Waals surface area contributed by atoms with Gasteiger partial charge < -0.3 is 9.97 Å². The van der Waals surface area contributed by atoms with Gasteiger partial charge in [0.25, 0.3) is 5.69 Å². The fourth-order valence-electron chi connectivity index (χ4n) is 4.31. The molecule has 8 bridgehead atoms. The van der Waals surface area contributed by atoms with E-state index in [2.05, 4.69) is 121 Å². The van der Waals surface area contributed by atoms with Crippen LogP contribution in [0.2, 0.25) is 0 Å². The fraction of sp³-hybridized carbons (Fsp3) is 0. The monoisotopic (exact) mass is 977 g/mol. The number of benzene rings is 1. The zero-order valence-electron chi connectivity index (χ0n) is 19.4. The Hall–Kier alpha value is -1.42. The van der Waals surface area contributed by atoms with E-state index in [1.165, 1.54) is 12.1 Å². The average molecular weight is 984 g/mol. The molecule has 2 aliphatic heterocycles. The second kappa shape index (κ2) is 11.0. The van der Waals surface area contributed by atoms with Crippen molar-refractivity contribution < 1.29 is 4.92 Å². The quantitative estimate of drug-likeness (QED) is 0.154. The number of nitro groups is 1. The maximum absolute atomic E-state index is 11.3. The number of H-pyrrole nitrogens is 2. The van der Waals surface area contributed by atoms with Crippen molar-refractivity contribution in [3.8, 4) is 11.1 Å². The maximum Gasteiger partial charge on any atom is 0.269 e. The van der Waals surface area contributed by atoms with Crippen molar-refractivity contribution in [3.63, 3.8) is 0 Å². The molecule has 4 aromatic rings. The molecule has 1 aromatic carbocycles. The van der Waals surface area contributed by atoms with Crippen molar-refractivity contribution in [2.45, 2.75) is 0 Å². The first-order chi connectivity index (χ1) is 19.1. The van der Waals surface area contributed by atoms with Gasteiger partial charge in [0, 0.05) is 23.2 Å². The van der Waals surface area contributed by atoms with E-state index in [4.69, 9.17) is 9.97 Å². The summed E-state index contributed by atoms with van der Waals surface area (Å²) >= 11 is 26.1. The normalized spacial score (nSPS) is 13.4. The molecular weight excluding hydrogens is 974 g/mol. The van der Waals surface area contributed by atoms with Crippen LogP contribution in [0.5, 0.6) is 0 Å². The highest BCUT2D eigenvalue weighted by Crippen LogP contribution is 2.47. The Morgan fingerprint density at radius 2 is 0.925 bits per heavy atom. The number of halogens is 7. The van der Waals surface area contributed by atoms with Crippen molar-refractivity contribution in [2.24, 2.45) is 0 Å². The molecule has 5 heterocycles. The Kier molecular flexibility index (Phi) is 7.90. The van der Waals surface area contributed by atoms with Crippen molar-refractivity contribution in [3.05, 3.63) is 94.8 Å². The Morgan fingerprint density at radius 1 is 0.550 bits per heavy atom. The number of hydrogen-bond donors (Lipinski definition) is 2. The van der Waals surface area contributed by atoms with E-state index in [9.17, 15) is 10.1 Å². The highest BCUT2D eigenvalue weighted by Gasteiger charge is 2.25. The van der Waals surface area contributed by atoms with E-state index in [0.717, 1.165) is 70.2 Å². The van der Waals surface area contributed by atoms with Gasteiger partial charge in [-0.05, 0) is 153 Å². The number of rotatable bonds is 2. The Balaban J connectivity index is 1.82. The van der Waals surface area contributed by atoms with Crippen molar-refractivity contribution >= 4 is 157 Å². The molecule has 200 valence electrons. The predicted molar refractivity (Wildman–Crippen MR) is 186 cm³/mol. The SMILES string of the molecule is O=[N+]([O-])c1ccc(-c2c3nc(c(Br)c4ccc([nH]4)c(Br)c4nc(c(Br)c5ccc2[nH]5)C(Br)=C4Br)C(Br)=C3Br)cc1. The van der Waals surface area contributed by atoms with Crippen LogP contribution in [0.3, 0.4) is 0 Å². The molecule has 0 saturated carbocycles. The number of hydrogen-bond acceptors (Lipinski definition) is 4. The summed E-state index contributed by atoms with van der Waals surface area (Å²) in [6.45, 7) is 0. The number of fused-ring (bicyclic) bond motifs is 8. The first-order valence-corrected chi connectivity index (χ1v) is 16.7. The summed E-state index contributed by atoms with van der Waals surface area (Å²) < 4.78 is 5.35. The molecule has 0 aliphatic carbocycles. The molecule has 40 heavy (non-hydrogen) atoms. The van der Waals surface area contributed by atoms with Crippen LogP contribution in [-0.2, 0) is 0 Å². The average Bonchev–Trinajstić information content (AvgIpc) is 3.73. The van der Waals surface area contributed by atoms with Gasteiger partial charge in [0.05, 0.1) is 75.6 Å². The molecule has 0 fully saturated rings. The molecule has 0 saturated heterocycles. The minimum atomic E-state index is -0.415. The Bertz CT molecular complexity index is 2010. The van der Waals surface area contributed by atoms with Crippen molar-refractivity contribution in [2.75, 3.05) is 0 Å². The van der Waals surface area contributed by atoms with Gasteiger partial charge in [-0.25, -0.2) is 9.97 Å². The van der Waals surface area contributed by atoms with Crippen LogP contribution in [-0.4, -0.2) is 24.9 Å². The zero-order chi connectivity index (χ0) is 28.5. The lowest BCUT2D eigenvalue weighted by molar-refractivity contribution is -0.384. The molecule has 3 aromatic heterocycles. The van der Waals surface area contributed by atoms with E-state index >= 15 is 0 Å². The van der Waals surface area contributed by atoms with Crippen LogP contribution < -0.4 is 0 Å². The van der Waals surface area contributed by atoms with Gasteiger partial charge in [-0.2, -0.15) is 0 Å². The van der Waals surface area contributed by atoms with Gasteiger partial charge in [-0.3, -0.25) is 10.1 Å². The van der Waals surface area contributed by atoms with Gasteiger partial charge in [0.1, 0.15) is 0 Å². The summed E-state index contributed by atoms with van der Waals surface area (Å²) in [5.41, 5.74) is 7.45. The minimum absolute atomic E-state index is 0.00677. The van der Waals surface area contributed by atoms with E-state index in [1.807, 2.05) is 24.3 Å². The third-order valence-corrected chi connectivity index (χ3v) is 12.8. The fourth-order valence-corrected chi connectivity index (χ4v) is 8.56. The molecule has 0 unspecified atom stereocenters. The number of nitro benzene ring substituents is 1. The summed E-state index contributed by atoms with van der Waals surface area (Å²) in [5, 5.41) is 11.3. The molecule has 0 amide bonds. The summed E-state index contributed by atoms with van der Waals surface area (Å²) in [6.07, 6.45) is 0. The van der Waals surface area contributed by atoms with Crippen molar-refractivity contribution in [1.29, 1.82) is 0 Å². The molecule has 6 rings (SSSR count). The highest BCUT2D eigenvalue weighted by molar-refractivity contribution is 9.18. The van der Waals surface area contributed by atoms with Gasteiger partial charge in [0.2, 0.25) is 0 Å². The molecule has 2 aliphatic rings. The van der Waals surface area contributed by atoms with Crippen LogP contribution in [0, 0.1) is 10.1 Å². The van der Waals surface area contributed by atoms with E-state index in [1.54, 1.807) is 12.1 Å². The Labute approximate surface area is 285 Å². The number of aromatic nitrogens is 4. The summed E-state index contributed by atoms with van der Waals surface area (Å²) in [6, 6.07) is 14.2. The molecule has 0 radical (unpaired) electrons. The van der Waals surface area contributed by atoms with Gasteiger partial charge >= 0.3 is 0 Å². The number of aromatic amines is 2. The summed E-state index contributed by atoms with van der Waals surface area (Å²) in [7, 11) is 0. The lowest BCUT2D eigenvalue weighted by atomic mass is 10.0. The van der Waals surface area contributed by atoms with Crippen LogP contribution in [0.4, 0.5) is 5.69 Å². The third kappa shape index (κ3) is 4.77. The smallest absolute Gasteiger partial charge is 0.269 e. The number of nitrogens with one attached hydrogen (secondary N) is 2. The molecule has 2 N–H and O–H groups in total. The highest BCUT2D eigenvalue weighted by atomic mass is 79.9. The van der Waals surface area contributed by atoms with E-state index in [-0.39, 0.29) is 5.69 Å². The van der Waals surface area contributed by atoms with E-state index < -0.39 is 4.92 Å². The second-order valence-corrected chi connectivity index (χ2v) is 14.1. The van der Waals surface area contributed by atoms with Gasteiger partial charge in [-0.15, -0.1) is 0 Å². The molecule has 0 atom stereocenters. The third-order valence-electron chi connectivity index (χ3n) is 6.24. The second-order valence-electron chi connectivity index (χ2n) is 8.57. The van der Waals surface area contributed by atoms with Crippen LogP contribution in [0.25, 0.3) is 51.1 Å². The number of non-ortho nitro benzene ring substituents is 1. The lowest BCUT2D eigenvalue weighted by Crippen LogP contribution is -1.90. The molecule has 0 spiro atoms. The lowest BCUT2D eigenvalue weighted by Gasteiger charge is -2.05. The van der Waals surface area contributed by atoms with Crippen LogP contribution >= 0.6 is 112 Å². The van der Waals surface area contributed by atoms with Crippen molar-refractivity contribution in [1.82, 2.24) is 19.9 Å². The van der Waals surface area contributed by atoms with Gasteiger partial charge in [0.15, 0.2) is 0 Å². The Morgan fingerprint density at radius 3 is 1.38 bits per heavy atom. The summed E-state index contributed by atoms with van der Waals surface area (Å²) in [5.74, 6) is 0. The first kappa shape index (κ1) is 28.7. The van der Waals surface area contributed by atoms with Crippen LogP contribution in [0.1, 0.15) is 22.8 Å². The minimum Gasteiger partial charge on any atom is -0.354 e. The zero-order valence-corrected chi connectivity index (χ0v) is 30.5. The molecule has 7 nitrogen and oxygen atoms in total. The molecular formula is C26H10Br7N5O2. The van der Waals surface area contributed by atoms with Gasteiger partial charge in [-0.1, -0.05) is 0 Å². The standard InChI is InChI=1S/C26H10Br7N5O2/c27-16-12-6-5-11(34-12)15(9-1-3-10(4-2-9)38(39)40)23-19(30)20(31)24(36-23)17(28)13-7-8-14(35-13)18(29)26-22(33)21(32)25(16)37-26/h1-8,34-35H. The summed E-state index contributed by atoms with van der Waals surface area (Å²) in [4.78, 5) is 27.8. The van der Waals surface area contributed by atoms with Crippen LogP contribution in [0.15, 0.2) is 61.9 Å². The van der Waals surface area contributed by atoms with E-state index in [0.29, 0.717) is 17.1 Å². The largest absolute Gasteiger partial charge is 0.354 e.